The number of anilines is 1. The van der Waals surface area contributed by atoms with Gasteiger partial charge in [0.2, 0.25) is 0 Å². The van der Waals surface area contributed by atoms with Crippen LogP contribution in [0.1, 0.15) is 15.9 Å². The van der Waals surface area contributed by atoms with Crippen LogP contribution < -0.4 is 5.32 Å². The number of benzene rings is 2. The molecule has 0 spiro atoms. The fourth-order valence-corrected chi connectivity index (χ4v) is 2.03. The molecule has 0 bridgehead atoms. The standard InChI is InChI=1S/C14H11BrN2O4/c15-11-4-1-9(2-5-11)8-16-12-7-10(14(18)19)3-6-13(12)17(20)21/h1-7,16H,8H2,(H,18,19). The maximum Gasteiger partial charge on any atom is 0.335 e. The first kappa shape index (κ1) is 15.0. The van der Waals surface area contributed by atoms with Crippen LogP contribution in [0.3, 0.4) is 0 Å². The number of halogens is 1. The molecule has 0 saturated carbocycles. The van der Waals surface area contributed by atoms with Gasteiger partial charge in [0.05, 0.1) is 10.5 Å². The quantitative estimate of drug-likeness (QED) is 0.633. The van der Waals surface area contributed by atoms with Gasteiger partial charge in [0.15, 0.2) is 0 Å². The summed E-state index contributed by atoms with van der Waals surface area (Å²) in [5.74, 6) is -1.13. The zero-order valence-corrected chi connectivity index (χ0v) is 12.3. The van der Waals surface area contributed by atoms with E-state index in [2.05, 4.69) is 21.2 Å². The van der Waals surface area contributed by atoms with Crippen LogP contribution in [-0.4, -0.2) is 16.0 Å². The summed E-state index contributed by atoms with van der Waals surface area (Å²) in [6.45, 7) is 0.358. The van der Waals surface area contributed by atoms with Crippen molar-refractivity contribution in [3.05, 3.63) is 68.2 Å². The highest BCUT2D eigenvalue weighted by atomic mass is 79.9. The number of hydrogen-bond acceptors (Lipinski definition) is 4. The molecular formula is C14H11BrN2O4. The Balaban J connectivity index is 2.24. The summed E-state index contributed by atoms with van der Waals surface area (Å²) in [4.78, 5) is 21.4. The van der Waals surface area contributed by atoms with Crippen molar-refractivity contribution in [2.75, 3.05) is 5.32 Å². The first-order chi connectivity index (χ1) is 9.97. The lowest BCUT2D eigenvalue weighted by atomic mass is 10.1. The summed E-state index contributed by atoms with van der Waals surface area (Å²) in [5.41, 5.74) is 0.951. The van der Waals surface area contributed by atoms with Gasteiger partial charge in [0.25, 0.3) is 5.69 Å². The minimum atomic E-state index is -1.13. The van der Waals surface area contributed by atoms with Gasteiger partial charge in [-0.2, -0.15) is 0 Å². The van der Waals surface area contributed by atoms with Crippen molar-refractivity contribution in [1.29, 1.82) is 0 Å². The van der Waals surface area contributed by atoms with Crippen molar-refractivity contribution in [2.24, 2.45) is 0 Å². The molecule has 2 aromatic carbocycles. The minimum Gasteiger partial charge on any atom is -0.478 e. The summed E-state index contributed by atoms with van der Waals surface area (Å²) in [6, 6.07) is 11.1. The largest absolute Gasteiger partial charge is 0.478 e. The van der Waals surface area contributed by atoms with Crippen molar-refractivity contribution in [3.63, 3.8) is 0 Å². The molecule has 7 heteroatoms. The number of hydrogen-bond donors (Lipinski definition) is 2. The van der Waals surface area contributed by atoms with Crippen molar-refractivity contribution in [3.8, 4) is 0 Å². The molecule has 0 fully saturated rings. The Bertz CT molecular complexity index is 686. The highest BCUT2D eigenvalue weighted by Crippen LogP contribution is 2.26. The monoisotopic (exact) mass is 350 g/mol. The molecule has 0 aliphatic carbocycles. The molecule has 0 heterocycles. The van der Waals surface area contributed by atoms with Crippen molar-refractivity contribution >= 4 is 33.3 Å². The fourth-order valence-electron chi connectivity index (χ4n) is 1.77. The smallest absolute Gasteiger partial charge is 0.335 e. The first-order valence-electron chi connectivity index (χ1n) is 5.97. The van der Waals surface area contributed by atoms with Crippen LogP contribution in [0, 0.1) is 10.1 Å². The first-order valence-corrected chi connectivity index (χ1v) is 6.76. The van der Waals surface area contributed by atoms with E-state index in [1.807, 2.05) is 24.3 Å². The van der Waals surface area contributed by atoms with Crippen molar-refractivity contribution in [2.45, 2.75) is 6.54 Å². The van der Waals surface area contributed by atoms with Gasteiger partial charge >= 0.3 is 5.97 Å². The maximum absolute atomic E-state index is 11.0. The Hall–Kier alpha value is -2.41. The lowest BCUT2D eigenvalue weighted by Crippen LogP contribution is -2.05. The van der Waals surface area contributed by atoms with Gasteiger partial charge in [-0.3, -0.25) is 10.1 Å². The topological polar surface area (TPSA) is 92.5 Å². The molecule has 21 heavy (non-hydrogen) atoms. The van der Waals surface area contributed by atoms with E-state index in [1.54, 1.807) is 0 Å². The van der Waals surface area contributed by atoms with Crippen LogP contribution in [-0.2, 0) is 6.54 Å². The number of nitro groups is 1. The Morgan fingerprint density at radius 3 is 2.48 bits per heavy atom. The van der Waals surface area contributed by atoms with Gasteiger partial charge in [-0.15, -0.1) is 0 Å². The van der Waals surface area contributed by atoms with Gasteiger partial charge in [-0.1, -0.05) is 28.1 Å². The molecule has 2 aromatic rings. The average molecular weight is 351 g/mol. The van der Waals surface area contributed by atoms with Gasteiger partial charge < -0.3 is 10.4 Å². The van der Waals surface area contributed by atoms with Crippen LogP contribution in [0.25, 0.3) is 0 Å². The molecule has 6 nitrogen and oxygen atoms in total. The number of carboxylic acid groups (broad SMARTS) is 1. The number of carboxylic acids is 1. The second-order valence-electron chi connectivity index (χ2n) is 4.27. The van der Waals surface area contributed by atoms with Gasteiger partial charge in [0, 0.05) is 17.1 Å². The van der Waals surface area contributed by atoms with E-state index in [0.29, 0.717) is 6.54 Å². The van der Waals surface area contributed by atoms with Crippen LogP contribution in [0.5, 0.6) is 0 Å². The zero-order chi connectivity index (χ0) is 15.4. The molecule has 0 aliphatic rings. The maximum atomic E-state index is 11.0. The van der Waals surface area contributed by atoms with E-state index >= 15 is 0 Å². The third-order valence-corrected chi connectivity index (χ3v) is 3.37. The molecular weight excluding hydrogens is 340 g/mol. The SMILES string of the molecule is O=C(O)c1ccc([N+](=O)[O-])c(NCc2ccc(Br)cc2)c1. The average Bonchev–Trinajstić information content (AvgIpc) is 2.46. The number of nitro benzene ring substituents is 1. The molecule has 0 unspecified atom stereocenters. The minimum absolute atomic E-state index is 0.00101. The van der Waals surface area contributed by atoms with Gasteiger partial charge in [0.1, 0.15) is 5.69 Å². The Labute approximate surface area is 128 Å². The summed E-state index contributed by atoms with van der Waals surface area (Å²) in [6.07, 6.45) is 0. The summed E-state index contributed by atoms with van der Waals surface area (Å²) in [5, 5.41) is 22.8. The summed E-state index contributed by atoms with van der Waals surface area (Å²) in [7, 11) is 0. The Kier molecular flexibility index (Phi) is 4.54. The second kappa shape index (κ2) is 6.36. The fraction of sp³-hybridized carbons (Fsp3) is 0.0714. The summed E-state index contributed by atoms with van der Waals surface area (Å²) < 4.78 is 0.935. The van der Waals surface area contributed by atoms with E-state index in [0.717, 1.165) is 10.0 Å². The molecule has 2 rings (SSSR count). The number of aromatic carboxylic acids is 1. The highest BCUT2D eigenvalue weighted by molar-refractivity contribution is 9.10. The summed E-state index contributed by atoms with van der Waals surface area (Å²) >= 11 is 3.32. The predicted molar refractivity (Wildman–Crippen MR) is 81.5 cm³/mol. The highest BCUT2D eigenvalue weighted by Gasteiger charge is 2.16. The molecule has 0 amide bonds. The third kappa shape index (κ3) is 3.79. The van der Waals surface area contributed by atoms with E-state index < -0.39 is 10.9 Å². The molecule has 108 valence electrons. The van der Waals surface area contributed by atoms with E-state index in [1.165, 1.54) is 18.2 Å². The van der Waals surface area contributed by atoms with Crippen molar-refractivity contribution in [1.82, 2.24) is 0 Å². The Morgan fingerprint density at radius 1 is 1.24 bits per heavy atom. The lowest BCUT2D eigenvalue weighted by Gasteiger charge is -2.08. The normalized spacial score (nSPS) is 10.1. The van der Waals surface area contributed by atoms with E-state index in [9.17, 15) is 14.9 Å². The molecule has 0 radical (unpaired) electrons. The van der Waals surface area contributed by atoms with E-state index in [-0.39, 0.29) is 16.9 Å². The number of nitrogens with zero attached hydrogens (tertiary/aromatic N) is 1. The van der Waals surface area contributed by atoms with Crippen LogP contribution in [0.4, 0.5) is 11.4 Å². The predicted octanol–water partition coefficient (Wildman–Crippen LogP) is 3.67. The zero-order valence-electron chi connectivity index (χ0n) is 10.7. The molecule has 0 aliphatic heterocycles. The molecule has 0 saturated heterocycles. The van der Waals surface area contributed by atoms with E-state index in [4.69, 9.17) is 5.11 Å². The Morgan fingerprint density at radius 2 is 1.90 bits per heavy atom. The number of nitrogens with one attached hydrogen (secondary N) is 1. The van der Waals surface area contributed by atoms with Gasteiger partial charge in [-0.25, -0.2) is 4.79 Å². The second-order valence-corrected chi connectivity index (χ2v) is 5.19. The van der Waals surface area contributed by atoms with Crippen LogP contribution in [0.2, 0.25) is 0 Å². The molecule has 0 aromatic heterocycles. The molecule has 2 N–H and O–H groups in total. The lowest BCUT2D eigenvalue weighted by molar-refractivity contribution is -0.384. The third-order valence-electron chi connectivity index (χ3n) is 2.84. The molecule has 0 atom stereocenters. The number of rotatable bonds is 5. The number of carbonyl (C=O) groups is 1. The van der Waals surface area contributed by atoms with Crippen LogP contribution in [0.15, 0.2) is 46.9 Å². The van der Waals surface area contributed by atoms with Crippen molar-refractivity contribution < 1.29 is 14.8 Å². The van der Waals surface area contributed by atoms with Gasteiger partial charge in [-0.05, 0) is 29.8 Å². The van der Waals surface area contributed by atoms with Crippen LogP contribution >= 0.6 is 15.9 Å².